The number of benzene rings is 2. The van der Waals surface area contributed by atoms with Gasteiger partial charge < -0.3 is 14.8 Å². The van der Waals surface area contributed by atoms with Gasteiger partial charge in [-0.05, 0) is 52.9 Å². The minimum atomic E-state index is -0.193. The van der Waals surface area contributed by atoms with Crippen molar-refractivity contribution in [2.24, 2.45) is 0 Å². The van der Waals surface area contributed by atoms with Crippen molar-refractivity contribution in [3.8, 4) is 11.5 Å². The second-order valence-corrected chi connectivity index (χ2v) is 6.01. The zero-order valence-corrected chi connectivity index (χ0v) is 13.8. The molecule has 0 radical (unpaired) electrons. The molecule has 0 saturated heterocycles. The quantitative estimate of drug-likeness (QED) is 0.755. The van der Waals surface area contributed by atoms with Crippen molar-refractivity contribution in [1.29, 1.82) is 0 Å². The van der Waals surface area contributed by atoms with Gasteiger partial charge in [-0.25, -0.2) is 0 Å². The molecule has 0 atom stereocenters. The SMILES string of the molecule is O=C(Nc1ccc2c(c1)OCCO2)c1ccc(Cl)c(I)c1. The van der Waals surface area contributed by atoms with Gasteiger partial charge in [0.2, 0.25) is 0 Å². The maximum absolute atomic E-state index is 12.2. The molecule has 0 bridgehead atoms. The van der Waals surface area contributed by atoms with Crippen LogP contribution in [0.1, 0.15) is 10.4 Å². The molecule has 0 unspecified atom stereocenters. The van der Waals surface area contributed by atoms with Gasteiger partial charge in [0.25, 0.3) is 5.91 Å². The van der Waals surface area contributed by atoms with Gasteiger partial charge in [0.05, 0.1) is 5.02 Å². The average Bonchev–Trinajstić information content (AvgIpc) is 2.50. The summed E-state index contributed by atoms with van der Waals surface area (Å²) in [6.07, 6.45) is 0. The van der Waals surface area contributed by atoms with Gasteiger partial charge in [0, 0.05) is 20.9 Å². The lowest BCUT2D eigenvalue weighted by atomic mass is 10.2. The molecular formula is C15H11ClINO3. The predicted octanol–water partition coefficient (Wildman–Crippen LogP) is 3.97. The van der Waals surface area contributed by atoms with Gasteiger partial charge in [0.15, 0.2) is 11.5 Å². The van der Waals surface area contributed by atoms with Crippen molar-refractivity contribution < 1.29 is 14.3 Å². The van der Waals surface area contributed by atoms with Gasteiger partial charge in [-0.15, -0.1) is 0 Å². The van der Waals surface area contributed by atoms with E-state index in [9.17, 15) is 4.79 Å². The summed E-state index contributed by atoms with van der Waals surface area (Å²) in [5.41, 5.74) is 1.22. The maximum atomic E-state index is 12.2. The number of hydrogen-bond donors (Lipinski definition) is 1. The summed E-state index contributed by atoms with van der Waals surface area (Å²) < 4.78 is 11.8. The summed E-state index contributed by atoms with van der Waals surface area (Å²) in [6, 6.07) is 10.5. The van der Waals surface area contributed by atoms with Crippen molar-refractivity contribution in [2.45, 2.75) is 0 Å². The second kappa shape index (κ2) is 6.11. The standard InChI is InChI=1S/C15H11ClINO3/c16-11-3-1-9(7-12(11)17)15(19)18-10-2-4-13-14(8-10)21-6-5-20-13/h1-4,7-8H,5-6H2,(H,18,19). The largest absolute Gasteiger partial charge is 0.486 e. The molecule has 1 N–H and O–H groups in total. The Bertz CT molecular complexity index is 705. The van der Waals surface area contributed by atoms with Crippen molar-refractivity contribution in [1.82, 2.24) is 0 Å². The van der Waals surface area contributed by atoms with E-state index in [1.165, 1.54) is 0 Å². The summed E-state index contributed by atoms with van der Waals surface area (Å²) in [4.78, 5) is 12.2. The van der Waals surface area contributed by atoms with E-state index in [1.807, 2.05) is 0 Å². The number of hydrogen-bond acceptors (Lipinski definition) is 3. The van der Waals surface area contributed by atoms with Crippen LogP contribution >= 0.6 is 34.2 Å². The number of carbonyl (C=O) groups is 1. The van der Waals surface area contributed by atoms with Crippen LogP contribution in [0.5, 0.6) is 11.5 Å². The summed E-state index contributed by atoms with van der Waals surface area (Å²) in [6.45, 7) is 1.06. The Morgan fingerprint density at radius 2 is 1.86 bits per heavy atom. The van der Waals surface area contributed by atoms with Crippen LogP contribution in [0.4, 0.5) is 5.69 Å². The minimum Gasteiger partial charge on any atom is -0.486 e. The lowest BCUT2D eigenvalue weighted by Crippen LogP contribution is -2.16. The molecule has 6 heteroatoms. The Balaban J connectivity index is 1.79. The van der Waals surface area contributed by atoms with Crippen LogP contribution in [0.25, 0.3) is 0 Å². The number of fused-ring (bicyclic) bond motifs is 1. The molecule has 108 valence electrons. The first-order valence-corrected chi connectivity index (χ1v) is 7.75. The fourth-order valence-corrected chi connectivity index (χ4v) is 2.59. The zero-order valence-electron chi connectivity index (χ0n) is 10.9. The summed E-state index contributed by atoms with van der Waals surface area (Å²) >= 11 is 8.05. The molecule has 21 heavy (non-hydrogen) atoms. The van der Waals surface area contributed by atoms with E-state index >= 15 is 0 Å². The number of nitrogens with one attached hydrogen (secondary N) is 1. The monoisotopic (exact) mass is 415 g/mol. The zero-order chi connectivity index (χ0) is 14.8. The van der Waals surface area contributed by atoms with Crippen LogP contribution in [-0.4, -0.2) is 19.1 Å². The number of rotatable bonds is 2. The number of amides is 1. The second-order valence-electron chi connectivity index (χ2n) is 4.44. The highest BCUT2D eigenvalue weighted by atomic mass is 127. The summed E-state index contributed by atoms with van der Waals surface area (Å²) in [5.74, 6) is 1.14. The van der Waals surface area contributed by atoms with Gasteiger partial charge in [-0.1, -0.05) is 11.6 Å². The van der Waals surface area contributed by atoms with Gasteiger partial charge in [0.1, 0.15) is 13.2 Å². The Hall–Kier alpha value is -1.47. The van der Waals surface area contributed by atoms with Crippen LogP contribution < -0.4 is 14.8 Å². The molecular weight excluding hydrogens is 405 g/mol. The van der Waals surface area contributed by atoms with Crippen LogP contribution in [-0.2, 0) is 0 Å². The van der Waals surface area contributed by atoms with E-state index in [0.717, 1.165) is 3.57 Å². The van der Waals surface area contributed by atoms with E-state index in [-0.39, 0.29) is 5.91 Å². The van der Waals surface area contributed by atoms with Gasteiger partial charge in [-0.2, -0.15) is 0 Å². The van der Waals surface area contributed by atoms with Crippen molar-refractivity contribution >= 4 is 45.8 Å². The van der Waals surface area contributed by atoms with E-state index in [0.29, 0.717) is 41.0 Å². The molecule has 0 fully saturated rings. The van der Waals surface area contributed by atoms with E-state index in [4.69, 9.17) is 21.1 Å². The van der Waals surface area contributed by atoms with E-state index < -0.39 is 0 Å². The maximum Gasteiger partial charge on any atom is 0.255 e. The molecule has 2 aromatic rings. The molecule has 1 amide bonds. The van der Waals surface area contributed by atoms with Gasteiger partial charge in [-0.3, -0.25) is 4.79 Å². The molecule has 1 heterocycles. The van der Waals surface area contributed by atoms with Crippen molar-refractivity contribution in [3.05, 3.63) is 50.6 Å². The molecule has 3 rings (SSSR count). The van der Waals surface area contributed by atoms with E-state index in [1.54, 1.807) is 36.4 Å². The molecule has 1 aliphatic rings. The highest BCUT2D eigenvalue weighted by Crippen LogP contribution is 2.32. The Morgan fingerprint density at radius 3 is 2.62 bits per heavy atom. The first-order valence-electron chi connectivity index (χ1n) is 6.29. The third-order valence-electron chi connectivity index (χ3n) is 2.98. The first kappa shape index (κ1) is 14.5. The number of anilines is 1. The highest BCUT2D eigenvalue weighted by Gasteiger charge is 2.13. The summed E-state index contributed by atoms with van der Waals surface area (Å²) in [7, 11) is 0. The van der Waals surface area contributed by atoms with E-state index in [2.05, 4.69) is 27.9 Å². The predicted molar refractivity (Wildman–Crippen MR) is 89.6 cm³/mol. The smallest absolute Gasteiger partial charge is 0.255 e. The Morgan fingerprint density at radius 1 is 1.10 bits per heavy atom. The third kappa shape index (κ3) is 3.24. The topological polar surface area (TPSA) is 47.6 Å². The molecule has 0 saturated carbocycles. The number of halogens is 2. The minimum absolute atomic E-state index is 0.193. The summed E-state index contributed by atoms with van der Waals surface area (Å²) in [5, 5.41) is 3.47. The average molecular weight is 416 g/mol. The Kier molecular flexibility index (Phi) is 4.21. The van der Waals surface area contributed by atoms with Crippen LogP contribution in [0.2, 0.25) is 5.02 Å². The first-order chi connectivity index (χ1) is 10.1. The lowest BCUT2D eigenvalue weighted by Gasteiger charge is -2.19. The third-order valence-corrected chi connectivity index (χ3v) is 4.52. The molecule has 0 aliphatic carbocycles. The van der Waals surface area contributed by atoms with Crippen molar-refractivity contribution in [3.63, 3.8) is 0 Å². The molecule has 1 aliphatic heterocycles. The van der Waals surface area contributed by atoms with Gasteiger partial charge >= 0.3 is 0 Å². The number of carbonyl (C=O) groups excluding carboxylic acids is 1. The van der Waals surface area contributed by atoms with Crippen LogP contribution in [0.15, 0.2) is 36.4 Å². The Labute approximate surface area is 140 Å². The fourth-order valence-electron chi connectivity index (χ4n) is 1.96. The normalized spacial score (nSPS) is 12.9. The molecule has 4 nitrogen and oxygen atoms in total. The molecule has 2 aromatic carbocycles. The highest BCUT2D eigenvalue weighted by molar-refractivity contribution is 14.1. The fraction of sp³-hybridized carbons (Fsp3) is 0.133. The molecule has 0 spiro atoms. The van der Waals surface area contributed by atoms with Crippen molar-refractivity contribution in [2.75, 3.05) is 18.5 Å². The molecule has 0 aromatic heterocycles. The van der Waals surface area contributed by atoms with Crippen LogP contribution in [0, 0.1) is 3.57 Å². The number of ether oxygens (including phenoxy) is 2. The van der Waals surface area contributed by atoms with Crippen LogP contribution in [0.3, 0.4) is 0 Å². The lowest BCUT2D eigenvalue weighted by molar-refractivity contribution is 0.102.